The first-order valence-electron chi connectivity index (χ1n) is 7.66. The van der Waals surface area contributed by atoms with E-state index in [1.165, 1.54) is 12.1 Å². The van der Waals surface area contributed by atoms with E-state index in [4.69, 9.17) is 4.74 Å². The standard InChI is InChI=1S/C17H20N2O6/c1-17(2,3)25-16(23)18-12(15(22)24-4)9-19-13(20)10-7-5-6-8-11(10)14(19)21/h5-8,12H,9H2,1-4H3,(H,18,23)/t12-/m1/s1. The molecule has 0 saturated heterocycles. The number of ether oxygens (including phenoxy) is 2. The Balaban J connectivity index is 2.16. The van der Waals surface area contributed by atoms with Gasteiger partial charge in [-0.3, -0.25) is 14.5 Å². The molecule has 0 aliphatic carbocycles. The summed E-state index contributed by atoms with van der Waals surface area (Å²) in [5, 5.41) is 2.34. The molecule has 0 bridgehead atoms. The Bertz CT molecular complexity index is 687. The van der Waals surface area contributed by atoms with Gasteiger partial charge in [-0.05, 0) is 32.9 Å². The van der Waals surface area contributed by atoms with Crippen LogP contribution in [0.1, 0.15) is 41.5 Å². The number of esters is 1. The Morgan fingerprint density at radius 1 is 1.12 bits per heavy atom. The van der Waals surface area contributed by atoms with Crippen LogP contribution in [0.15, 0.2) is 24.3 Å². The molecule has 3 amide bonds. The van der Waals surface area contributed by atoms with E-state index in [2.05, 4.69) is 10.1 Å². The van der Waals surface area contributed by atoms with Crippen molar-refractivity contribution < 1.29 is 28.7 Å². The molecular formula is C17H20N2O6. The summed E-state index contributed by atoms with van der Waals surface area (Å²) < 4.78 is 9.74. The molecule has 0 aromatic heterocycles. The van der Waals surface area contributed by atoms with Gasteiger partial charge in [0.2, 0.25) is 0 Å². The normalized spacial score (nSPS) is 14.8. The fourth-order valence-corrected chi connectivity index (χ4v) is 2.36. The van der Waals surface area contributed by atoms with Crippen molar-refractivity contribution in [3.8, 4) is 0 Å². The van der Waals surface area contributed by atoms with Gasteiger partial charge >= 0.3 is 12.1 Å². The zero-order valence-electron chi connectivity index (χ0n) is 14.5. The molecule has 2 rings (SSSR count). The van der Waals surface area contributed by atoms with Crippen LogP contribution in [0.2, 0.25) is 0 Å². The van der Waals surface area contributed by atoms with Crippen LogP contribution in [0.5, 0.6) is 0 Å². The lowest BCUT2D eigenvalue weighted by Crippen LogP contribution is -2.51. The first-order valence-corrected chi connectivity index (χ1v) is 7.66. The molecule has 0 saturated carbocycles. The highest BCUT2D eigenvalue weighted by Crippen LogP contribution is 2.22. The Labute approximate surface area is 145 Å². The number of nitrogens with zero attached hydrogens (tertiary/aromatic N) is 1. The second-order valence-electron chi connectivity index (χ2n) is 6.49. The van der Waals surface area contributed by atoms with E-state index in [1.54, 1.807) is 32.9 Å². The molecule has 1 heterocycles. The monoisotopic (exact) mass is 348 g/mol. The molecule has 25 heavy (non-hydrogen) atoms. The van der Waals surface area contributed by atoms with Crippen molar-refractivity contribution in [2.24, 2.45) is 0 Å². The van der Waals surface area contributed by atoms with Crippen LogP contribution in [0.4, 0.5) is 4.79 Å². The summed E-state index contributed by atoms with van der Waals surface area (Å²) in [6.45, 7) is 4.66. The van der Waals surface area contributed by atoms with Crippen LogP contribution in [0.3, 0.4) is 0 Å². The fourth-order valence-electron chi connectivity index (χ4n) is 2.36. The number of benzene rings is 1. The zero-order chi connectivity index (χ0) is 18.8. The van der Waals surface area contributed by atoms with Gasteiger partial charge in [0.25, 0.3) is 11.8 Å². The minimum absolute atomic E-state index is 0.258. The van der Waals surface area contributed by atoms with Crippen molar-refractivity contribution in [2.75, 3.05) is 13.7 Å². The molecule has 0 fully saturated rings. The molecule has 1 aromatic rings. The first-order chi connectivity index (χ1) is 11.6. The maximum Gasteiger partial charge on any atom is 0.408 e. The quantitative estimate of drug-likeness (QED) is 0.651. The molecule has 0 radical (unpaired) electrons. The molecule has 134 valence electrons. The van der Waals surface area contributed by atoms with Crippen molar-refractivity contribution in [3.63, 3.8) is 0 Å². The lowest BCUT2D eigenvalue weighted by molar-refractivity contribution is -0.143. The predicted molar refractivity (Wildman–Crippen MR) is 87.0 cm³/mol. The van der Waals surface area contributed by atoms with Gasteiger partial charge in [0.05, 0.1) is 24.8 Å². The SMILES string of the molecule is COC(=O)[C@@H](CN1C(=O)c2ccccc2C1=O)NC(=O)OC(C)(C)C. The van der Waals surface area contributed by atoms with Gasteiger partial charge in [0.15, 0.2) is 0 Å². The number of imide groups is 1. The topological polar surface area (TPSA) is 102 Å². The molecule has 1 N–H and O–H groups in total. The Hall–Kier alpha value is -2.90. The van der Waals surface area contributed by atoms with E-state index in [1.807, 2.05) is 0 Å². The number of rotatable bonds is 4. The van der Waals surface area contributed by atoms with Crippen LogP contribution in [0.25, 0.3) is 0 Å². The predicted octanol–water partition coefficient (Wildman–Crippen LogP) is 1.35. The molecule has 1 aliphatic rings. The number of hydrogen-bond donors (Lipinski definition) is 1. The summed E-state index contributed by atoms with van der Waals surface area (Å²) in [6.07, 6.45) is -0.848. The third-order valence-electron chi connectivity index (χ3n) is 3.42. The summed E-state index contributed by atoms with van der Waals surface area (Å²) in [5.41, 5.74) is -0.248. The van der Waals surface area contributed by atoms with Crippen LogP contribution in [-0.4, -0.2) is 54.1 Å². The molecule has 0 spiro atoms. The highest BCUT2D eigenvalue weighted by Gasteiger charge is 2.38. The van der Waals surface area contributed by atoms with Gasteiger partial charge in [-0.15, -0.1) is 0 Å². The summed E-state index contributed by atoms with van der Waals surface area (Å²) >= 11 is 0. The van der Waals surface area contributed by atoms with Crippen LogP contribution in [-0.2, 0) is 14.3 Å². The number of amides is 3. The molecular weight excluding hydrogens is 328 g/mol. The van der Waals surface area contributed by atoms with Gasteiger partial charge in [0.1, 0.15) is 11.6 Å². The second-order valence-corrected chi connectivity index (χ2v) is 6.49. The Morgan fingerprint density at radius 2 is 1.64 bits per heavy atom. The van der Waals surface area contributed by atoms with E-state index in [0.717, 1.165) is 12.0 Å². The Kier molecular flexibility index (Phi) is 5.10. The van der Waals surface area contributed by atoms with Crippen molar-refractivity contribution in [1.82, 2.24) is 10.2 Å². The number of carbonyl (C=O) groups is 4. The number of hydrogen-bond acceptors (Lipinski definition) is 6. The molecule has 1 aliphatic heterocycles. The van der Waals surface area contributed by atoms with Gasteiger partial charge < -0.3 is 14.8 Å². The molecule has 1 atom stereocenters. The van der Waals surface area contributed by atoms with E-state index in [-0.39, 0.29) is 17.7 Å². The van der Waals surface area contributed by atoms with Crippen molar-refractivity contribution in [3.05, 3.63) is 35.4 Å². The number of nitrogens with one attached hydrogen (secondary N) is 1. The molecule has 8 nitrogen and oxygen atoms in total. The lowest BCUT2D eigenvalue weighted by atomic mass is 10.1. The first kappa shape index (κ1) is 18.4. The van der Waals surface area contributed by atoms with Gasteiger partial charge in [-0.25, -0.2) is 9.59 Å². The minimum atomic E-state index is -1.23. The number of fused-ring (bicyclic) bond motifs is 1. The highest BCUT2D eigenvalue weighted by atomic mass is 16.6. The van der Waals surface area contributed by atoms with Gasteiger partial charge in [-0.2, -0.15) is 0 Å². The van der Waals surface area contributed by atoms with E-state index in [0.29, 0.717) is 0 Å². The average molecular weight is 348 g/mol. The highest BCUT2D eigenvalue weighted by molar-refractivity contribution is 6.21. The maximum absolute atomic E-state index is 12.4. The van der Waals surface area contributed by atoms with Crippen LogP contribution in [0, 0.1) is 0 Å². The lowest BCUT2D eigenvalue weighted by Gasteiger charge is -2.24. The van der Waals surface area contributed by atoms with E-state index < -0.39 is 35.5 Å². The summed E-state index contributed by atoms with van der Waals surface area (Å²) in [5.74, 6) is -1.84. The fraction of sp³-hybridized carbons (Fsp3) is 0.412. The summed E-state index contributed by atoms with van der Waals surface area (Å²) in [4.78, 5) is 49.5. The minimum Gasteiger partial charge on any atom is -0.467 e. The smallest absolute Gasteiger partial charge is 0.408 e. The number of alkyl carbamates (subject to hydrolysis) is 1. The maximum atomic E-state index is 12.4. The van der Waals surface area contributed by atoms with Crippen molar-refractivity contribution in [1.29, 1.82) is 0 Å². The van der Waals surface area contributed by atoms with Crippen molar-refractivity contribution >= 4 is 23.9 Å². The largest absolute Gasteiger partial charge is 0.467 e. The molecule has 8 heteroatoms. The van der Waals surface area contributed by atoms with Crippen LogP contribution < -0.4 is 5.32 Å². The van der Waals surface area contributed by atoms with Crippen LogP contribution >= 0.6 is 0 Å². The zero-order valence-corrected chi connectivity index (χ0v) is 14.5. The third-order valence-corrected chi connectivity index (χ3v) is 3.42. The average Bonchev–Trinajstić information content (AvgIpc) is 2.77. The number of carbonyl (C=O) groups excluding carboxylic acids is 4. The summed E-state index contributed by atoms with van der Waals surface area (Å²) in [7, 11) is 1.15. The van der Waals surface area contributed by atoms with Crippen molar-refractivity contribution in [2.45, 2.75) is 32.4 Å². The Morgan fingerprint density at radius 3 is 2.08 bits per heavy atom. The summed E-state index contributed by atoms with van der Waals surface area (Å²) in [6, 6.07) is 5.12. The third kappa shape index (κ3) is 4.14. The number of methoxy groups -OCH3 is 1. The van der Waals surface area contributed by atoms with Gasteiger partial charge in [-0.1, -0.05) is 12.1 Å². The molecule has 1 aromatic carbocycles. The van der Waals surface area contributed by atoms with Gasteiger partial charge in [0, 0.05) is 0 Å². The second kappa shape index (κ2) is 6.92. The van der Waals surface area contributed by atoms with E-state index in [9.17, 15) is 19.2 Å². The molecule has 0 unspecified atom stereocenters. The van der Waals surface area contributed by atoms with E-state index >= 15 is 0 Å².